The zero-order valence-corrected chi connectivity index (χ0v) is 11.6. The molecule has 1 heterocycles. The molecule has 3 nitrogen and oxygen atoms in total. The first kappa shape index (κ1) is 15.4. The third-order valence-electron chi connectivity index (χ3n) is 4.11. The third kappa shape index (κ3) is 3.16. The molecule has 20 heavy (non-hydrogen) atoms. The highest BCUT2D eigenvalue weighted by atomic mass is 19.1. The molecule has 1 aliphatic rings. The highest BCUT2D eigenvalue weighted by Crippen LogP contribution is 2.34. The van der Waals surface area contributed by atoms with Crippen molar-refractivity contribution in [3.05, 3.63) is 35.4 Å². The predicted molar refractivity (Wildman–Crippen MR) is 72.4 cm³/mol. The first-order valence-electron chi connectivity index (χ1n) is 6.92. The van der Waals surface area contributed by atoms with Gasteiger partial charge in [0.2, 0.25) is 0 Å². The summed E-state index contributed by atoms with van der Waals surface area (Å²) in [4.78, 5) is 0. The second kappa shape index (κ2) is 6.16. The summed E-state index contributed by atoms with van der Waals surface area (Å²) in [6, 6.07) is 3.30. The van der Waals surface area contributed by atoms with Crippen molar-refractivity contribution in [3.63, 3.8) is 0 Å². The lowest BCUT2D eigenvalue weighted by Crippen LogP contribution is -2.42. The average molecular weight is 285 g/mol. The number of ether oxygens (including phenoxy) is 1. The Labute approximate surface area is 117 Å². The molecule has 1 saturated heterocycles. The van der Waals surface area contributed by atoms with Crippen LogP contribution in [0, 0.1) is 11.6 Å². The van der Waals surface area contributed by atoms with Gasteiger partial charge in [-0.15, -0.1) is 0 Å². The summed E-state index contributed by atoms with van der Waals surface area (Å²) in [7, 11) is 0. The fourth-order valence-electron chi connectivity index (χ4n) is 2.87. The second-order valence-corrected chi connectivity index (χ2v) is 5.65. The molecule has 1 fully saturated rings. The molecule has 0 aliphatic carbocycles. The standard InChI is InChI=1S/C15H21F2NO2/c1-10-2-3-14(20-10)7-15(8-18,9-19)11-4-12(16)6-13(17)5-11/h4-6,10,14,19H,2-3,7-9,18H2,1H3. The quantitative estimate of drug-likeness (QED) is 0.871. The molecule has 1 aromatic carbocycles. The molecule has 0 bridgehead atoms. The van der Waals surface area contributed by atoms with Crippen LogP contribution in [0.5, 0.6) is 0 Å². The van der Waals surface area contributed by atoms with Crippen molar-refractivity contribution in [1.82, 2.24) is 0 Å². The van der Waals surface area contributed by atoms with Gasteiger partial charge in [-0.05, 0) is 43.9 Å². The van der Waals surface area contributed by atoms with E-state index in [1.54, 1.807) is 0 Å². The first-order chi connectivity index (χ1) is 9.49. The van der Waals surface area contributed by atoms with E-state index >= 15 is 0 Å². The molecule has 0 amide bonds. The largest absolute Gasteiger partial charge is 0.395 e. The van der Waals surface area contributed by atoms with E-state index in [0.29, 0.717) is 12.0 Å². The lowest BCUT2D eigenvalue weighted by molar-refractivity contribution is 0.0268. The minimum absolute atomic E-state index is 0.0352. The van der Waals surface area contributed by atoms with Crippen molar-refractivity contribution in [3.8, 4) is 0 Å². The Kier molecular flexibility index (Phi) is 4.73. The number of aliphatic hydroxyl groups is 1. The van der Waals surface area contributed by atoms with Crippen LogP contribution in [-0.2, 0) is 10.2 Å². The van der Waals surface area contributed by atoms with Crippen LogP contribution in [0.3, 0.4) is 0 Å². The Balaban J connectivity index is 2.28. The fourth-order valence-corrected chi connectivity index (χ4v) is 2.87. The van der Waals surface area contributed by atoms with Gasteiger partial charge in [0.05, 0.1) is 18.8 Å². The Morgan fingerprint density at radius 3 is 2.40 bits per heavy atom. The highest BCUT2D eigenvalue weighted by molar-refractivity contribution is 5.28. The SMILES string of the molecule is CC1CCC(CC(CN)(CO)c2cc(F)cc(F)c2)O1. The highest BCUT2D eigenvalue weighted by Gasteiger charge is 2.36. The van der Waals surface area contributed by atoms with Gasteiger partial charge in [0.25, 0.3) is 0 Å². The van der Waals surface area contributed by atoms with E-state index in [1.165, 1.54) is 12.1 Å². The van der Waals surface area contributed by atoms with Crippen LogP contribution in [0.25, 0.3) is 0 Å². The maximum absolute atomic E-state index is 13.4. The van der Waals surface area contributed by atoms with E-state index in [-0.39, 0.29) is 25.4 Å². The van der Waals surface area contributed by atoms with Crippen LogP contribution in [0.1, 0.15) is 31.7 Å². The van der Waals surface area contributed by atoms with Crippen molar-refractivity contribution in [2.24, 2.45) is 5.73 Å². The Morgan fingerprint density at radius 2 is 1.95 bits per heavy atom. The van der Waals surface area contributed by atoms with Gasteiger partial charge in [0.15, 0.2) is 0 Å². The number of hydrogen-bond donors (Lipinski definition) is 2. The van der Waals surface area contributed by atoms with Gasteiger partial charge >= 0.3 is 0 Å². The number of aliphatic hydroxyl groups excluding tert-OH is 1. The van der Waals surface area contributed by atoms with Crippen LogP contribution >= 0.6 is 0 Å². The monoisotopic (exact) mass is 285 g/mol. The second-order valence-electron chi connectivity index (χ2n) is 5.65. The molecular weight excluding hydrogens is 264 g/mol. The number of nitrogens with two attached hydrogens (primary N) is 1. The van der Waals surface area contributed by atoms with Gasteiger partial charge in [-0.2, -0.15) is 0 Å². The number of rotatable bonds is 5. The first-order valence-corrected chi connectivity index (χ1v) is 6.92. The summed E-state index contributed by atoms with van der Waals surface area (Å²) in [5.41, 5.74) is 5.33. The van der Waals surface area contributed by atoms with Crippen molar-refractivity contribution in [1.29, 1.82) is 0 Å². The maximum Gasteiger partial charge on any atom is 0.126 e. The minimum Gasteiger partial charge on any atom is -0.395 e. The van der Waals surface area contributed by atoms with E-state index in [2.05, 4.69) is 0 Å². The topological polar surface area (TPSA) is 55.5 Å². The van der Waals surface area contributed by atoms with Gasteiger partial charge < -0.3 is 15.6 Å². The molecule has 0 radical (unpaired) electrons. The summed E-state index contributed by atoms with van der Waals surface area (Å²) in [5.74, 6) is -1.32. The average Bonchev–Trinajstić information content (AvgIpc) is 2.80. The Hall–Kier alpha value is -1.04. The molecule has 5 heteroatoms. The number of benzene rings is 1. The van der Waals surface area contributed by atoms with E-state index in [4.69, 9.17) is 10.5 Å². The molecule has 0 spiro atoms. The summed E-state index contributed by atoms with van der Waals surface area (Å²) in [6.45, 7) is 1.84. The normalized spacial score (nSPS) is 25.6. The molecule has 2 rings (SSSR count). The Morgan fingerprint density at radius 1 is 1.30 bits per heavy atom. The zero-order chi connectivity index (χ0) is 14.8. The Bertz CT molecular complexity index is 443. The zero-order valence-electron chi connectivity index (χ0n) is 11.6. The van der Waals surface area contributed by atoms with Crippen molar-refractivity contribution < 1.29 is 18.6 Å². The van der Waals surface area contributed by atoms with Gasteiger partial charge in [-0.3, -0.25) is 0 Å². The molecule has 0 aromatic heterocycles. The molecule has 0 saturated carbocycles. The van der Waals surface area contributed by atoms with Crippen LogP contribution in [0.15, 0.2) is 18.2 Å². The smallest absolute Gasteiger partial charge is 0.126 e. The molecular formula is C15H21F2NO2. The summed E-state index contributed by atoms with van der Waals surface area (Å²) < 4.78 is 32.6. The van der Waals surface area contributed by atoms with Gasteiger partial charge in [-0.1, -0.05) is 0 Å². The van der Waals surface area contributed by atoms with Crippen molar-refractivity contribution in [2.45, 2.75) is 43.8 Å². The lowest BCUT2D eigenvalue weighted by atomic mass is 9.76. The molecule has 3 atom stereocenters. The summed E-state index contributed by atoms with van der Waals surface area (Å²) in [6.07, 6.45) is 2.44. The van der Waals surface area contributed by atoms with E-state index in [1.807, 2.05) is 6.92 Å². The van der Waals surface area contributed by atoms with Gasteiger partial charge in [0, 0.05) is 18.0 Å². The molecule has 3 N–H and O–H groups in total. The molecule has 3 unspecified atom stereocenters. The van der Waals surface area contributed by atoms with Crippen LogP contribution < -0.4 is 5.73 Å². The van der Waals surface area contributed by atoms with E-state index in [0.717, 1.165) is 18.9 Å². The van der Waals surface area contributed by atoms with Gasteiger partial charge in [0.1, 0.15) is 11.6 Å². The lowest BCUT2D eigenvalue weighted by Gasteiger charge is -2.33. The summed E-state index contributed by atoms with van der Waals surface area (Å²) >= 11 is 0. The maximum atomic E-state index is 13.4. The van der Waals surface area contributed by atoms with Gasteiger partial charge in [-0.25, -0.2) is 8.78 Å². The van der Waals surface area contributed by atoms with E-state index < -0.39 is 17.0 Å². The van der Waals surface area contributed by atoms with Crippen molar-refractivity contribution in [2.75, 3.05) is 13.2 Å². The third-order valence-corrected chi connectivity index (χ3v) is 4.11. The fraction of sp³-hybridized carbons (Fsp3) is 0.600. The molecule has 1 aliphatic heterocycles. The molecule has 1 aromatic rings. The van der Waals surface area contributed by atoms with Crippen LogP contribution in [-0.4, -0.2) is 30.5 Å². The van der Waals surface area contributed by atoms with Crippen LogP contribution in [0.2, 0.25) is 0 Å². The predicted octanol–water partition coefficient (Wildman–Crippen LogP) is 2.11. The molecule has 112 valence electrons. The van der Waals surface area contributed by atoms with Crippen LogP contribution in [0.4, 0.5) is 8.78 Å². The minimum atomic E-state index is -0.863. The number of halogens is 2. The number of hydrogen-bond acceptors (Lipinski definition) is 3. The van der Waals surface area contributed by atoms with Crippen molar-refractivity contribution >= 4 is 0 Å². The van der Waals surface area contributed by atoms with E-state index in [9.17, 15) is 13.9 Å². The summed E-state index contributed by atoms with van der Waals surface area (Å²) in [5, 5.41) is 9.76.